The minimum Gasteiger partial charge on any atom is -0.356 e. The molecule has 1 rings (SSSR count). The summed E-state index contributed by atoms with van der Waals surface area (Å²) in [6.07, 6.45) is 0.464. The Kier molecular flexibility index (Phi) is 9.56. The Balaban J connectivity index is 0.00000361. The van der Waals surface area contributed by atoms with Gasteiger partial charge in [-0.15, -0.1) is 35.3 Å². The zero-order chi connectivity index (χ0) is 14.3. The molecule has 1 amide bonds. The molecule has 20 heavy (non-hydrogen) atoms. The highest BCUT2D eigenvalue weighted by atomic mass is 127. The number of amides is 1. The van der Waals surface area contributed by atoms with Crippen molar-refractivity contribution in [2.45, 2.75) is 19.9 Å². The molecule has 0 aliphatic rings. The van der Waals surface area contributed by atoms with Crippen molar-refractivity contribution >= 4 is 47.2 Å². The van der Waals surface area contributed by atoms with Gasteiger partial charge in [-0.2, -0.15) is 0 Å². The Morgan fingerprint density at radius 1 is 1.35 bits per heavy atom. The van der Waals surface area contributed by atoms with E-state index >= 15 is 0 Å². The molecule has 0 aliphatic carbocycles. The Labute approximate surface area is 141 Å². The third-order valence-corrected chi connectivity index (χ3v) is 3.58. The van der Waals surface area contributed by atoms with E-state index < -0.39 is 0 Å². The monoisotopic (exact) mass is 410 g/mol. The minimum absolute atomic E-state index is 0. The average Bonchev–Trinajstić information content (AvgIpc) is 2.79. The fourth-order valence-corrected chi connectivity index (χ4v) is 2.31. The molecule has 1 heterocycles. The fourth-order valence-electron chi connectivity index (χ4n) is 1.48. The van der Waals surface area contributed by atoms with Crippen LogP contribution in [0, 0.1) is 6.92 Å². The topological polar surface area (TPSA) is 56.7 Å². The van der Waals surface area contributed by atoms with Crippen molar-refractivity contribution in [3.05, 3.63) is 21.9 Å². The zero-order valence-electron chi connectivity index (χ0n) is 12.4. The molecule has 0 unspecified atom stereocenters. The number of rotatable bonds is 5. The van der Waals surface area contributed by atoms with Crippen LogP contribution >= 0.6 is 35.3 Å². The van der Waals surface area contributed by atoms with E-state index in [1.165, 1.54) is 9.75 Å². The number of aliphatic imine (C=N–C) groups is 1. The van der Waals surface area contributed by atoms with Gasteiger partial charge in [-0.1, -0.05) is 0 Å². The van der Waals surface area contributed by atoms with Crippen molar-refractivity contribution in [1.82, 2.24) is 15.5 Å². The van der Waals surface area contributed by atoms with Gasteiger partial charge in [0, 0.05) is 43.9 Å². The van der Waals surface area contributed by atoms with Gasteiger partial charge >= 0.3 is 0 Å². The number of nitrogens with zero attached hydrogens (tertiary/aromatic N) is 2. The first-order chi connectivity index (χ1) is 9.02. The maximum atomic E-state index is 11.4. The van der Waals surface area contributed by atoms with E-state index in [0.29, 0.717) is 13.0 Å². The van der Waals surface area contributed by atoms with E-state index in [9.17, 15) is 4.79 Å². The van der Waals surface area contributed by atoms with E-state index in [0.717, 1.165) is 12.5 Å². The first kappa shape index (κ1) is 19.2. The first-order valence-electron chi connectivity index (χ1n) is 6.23. The van der Waals surface area contributed by atoms with Gasteiger partial charge in [-0.05, 0) is 19.1 Å². The van der Waals surface area contributed by atoms with E-state index in [2.05, 4.69) is 34.7 Å². The van der Waals surface area contributed by atoms with Crippen LogP contribution in [0.1, 0.15) is 16.2 Å². The standard InChI is InChI=1S/C13H22N4OS.HI/c1-10-5-6-11(19-10)9-16-13(14-2)15-8-7-12(18)17(3)4;/h5-6H,7-9H2,1-4H3,(H2,14,15,16);1H. The highest BCUT2D eigenvalue weighted by molar-refractivity contribution is 14.0. The van der Waals surface area contributed by atoms with Crippen LogP contribution in [0.3, 0.4) is 0 Å². The van der Waals surface area contributed by atoms with E-state index in [4.69, 9.17) is 0 Å². The summed E-state index contributed by atoms with van der Waals surface area (Å²) in [7, 11) is 5.24. The normalized spacial score (nSPS) is 10.7. The molecule has 5 nitrogen and oxygen atoms in total. The van der Waals surface area contributed by atoms with Crippen LogP contribution < -0.4 is 10.6 Å². The lowest BCUT2D eigenvalue weighted by Gasteiger charge is -2.13. The Bertz CT molecular complexity index is 445. The Morgan fingerprint density at radius 2 is 2.05 bits per heavy atom. The van der Waals surface area contributed by atoms with Crippen molar-refractivity contribution < 1.29 is 4.79 Å². The summed E-state index contributed by atoms with van der Waals surface area (Å²) in [5, 5.41) is 6.35. The van der Waals surface area contributed by atoms with Gasteiger partial charge in [0.2, 0.25) is 5.91 Å². The van der Waals surface area contributed by atoms with Gasteiger partial charge in [0.05, 0.1) is 6.54 Å². The predicted octanol–water partition coefficient (Wildman–Crippen LogP) is 1.82. The van der Waals surface area contributed by atoms with Crippen LogP contribution in [0.25, 0.3) is 0 Å². The molecule has 0 radical (unpaired) electrons. The number of carbonyl (C=O) groups is 1. The molecule has 0 saturated carbocycles. The smallest absolute Gasteiger partial charge is 0.223 e. The number of aryl methyl sites for hydroxylation is 1. The van der Waals surface area contributed by atoms with Gasteiger partial charge in [0.15, 0.2) is 5.96 Å². The molecule has 2 N–H and O–H groups in total. The molecule has 0 atom stereocenters. The quantitative estimate of drug-likeness (QED) is 0.443. The fraction of sp³-hybridized carbons (Fsp3) is 0.538. The second kappa shape index (κ2) is 9.98. The molecule has 1 aromatic heterocycles. The predicted molar refractivity (Wildman–Crippen MR) is 96.0 cm³/mol. The number of hydrogen-bond donors (Lipinski definition) is 2. The number of carbonyl (C=O) groups excluding carboxylic acids is 1. The van der Waals surface area contributed by atoms with Crippen LogP contribution in [0.2, 0.25) is 0 Å². The molecule has 0 spiro atoms. The lowest BCUT2D eigenvalue weighted by Crippen LogP contribution is -2.38. The second-order valence-electron chi connectivity index (χ2n) is 4.40. The molecule has 0 fully saturated rings. The first-order valence-corrected chi connectivity index (χ1v) is 7.04. The van der Waals surface area contributed by atoms with Crippen molar-refractivity contribution in [2.75, 3.05) is 27.7 Å². The van der Waals surface area contributed by atoms with Gasteiger partial charge < -0.3 is 15.5 Å². The summed E-state index contributed by atoms with van der Waals surface area (Å²) in [6.45, 7) is 3.42. The summed E-state index contributed by atoms with van der Waals surface area (Å²) in [5.74, 6) is 0.828. The number of nitrogens with one attached hydrogen (secondary N) is 2. The van der Waals surface area contributed by atoms with Crippen LogP contribution in [0.15, 0.2) is 17.1 Å². The van der Waals surface area contributed by atoms with Gasteiger partial charge in [0.25, 0.3) is 0 Å². The van der Waals surface area contributed by atoms with Crippen molar-refractivity contribution in [3.63, 3.8) is 0 Å². The molecule has 114 valence electrons. The molecule has 1 aromatic rings. The summed E-state index contributed by atoms with van der Waals surface area (Å²) >= 11 is 1.77. The van der Waals surface area contributed by atoms with E-state index in [1.807, 2.05) is 0 Å². The molecular weight excluding hydrogens is 387 g/mol. The number of hydrogen-bond acceptors (Lipinski definition) is 3. The average molecular weight is 410 g/mol. The van der Waals surface area contributed by atoms with Crippen LogP contribution in [-0.2, 0) is 11.3 Å². The lowest BCUT2D eigenvalue weighted by atomic mass is 10.4. The molecule has 0 bridgehead atoms. The van der Waals surface area contributed by atoms with E-state index in [1.54, 1.807) is 37.4 Å². The van der Waals surface area contributed by atoms with Gasteiger partial charge in [0.1, 0.15) is 0 Å². The number of halogens is 1. The van der Waals surface area contributed by atoms with Crippen LogP contribution in [0.5, 0.6) is 0 Å². The van der Waals surface area contributed by atoms with Crippen LogP contribution in [0.4, 0.5) is 0 Å². The highest BCUT2D eigenvalue weighted by Crippen LogP contribution is 2.14. The number of guanidine groups is 1. The zero-order valence-corrected chi connectivity index (χ0v) is 15.5. The van der Waals surface area contributed by atoms with Crippen molar-refractivity contribution in [3.8, 4) is 0 Å². The number of thiophene rings is 1. The third-order valence-electron chi connectivity index (χ3n) is 2.58. The van der Waals surface area contributed by atoms with E-state index in [-0.39, 0.29) is 29.9 Å². The van der Waals surface area contributed by atoms with Crippen molar-refractivity contribution in [2.24, 2.45) is 4.99 Å². The summed E-state index contributed by atoms with van der Waals surface area (Å²) in [6, 6.07) is 4.21. The summed E-state index contributed by atoms with van der Waals surface area (Å²) in [4.78, 5) is 19.7. The maximum absolute atomic E-state index is 11.4. The molecule has 0 saturated heterocycles. The lowest BCUT2D eigenvalue weighted by molar-refractivity contribution is -0.128. The van der Waals surface area contributed by atoms with Gasteiger partial charge in [-0.25, -0.2) is 0 Å². The maximum Gasteiger partial charge on any atom is 0.223 e. The Morgan fingerprint density at radius 3 is 2.55 bits per heavy atom. The largest absolute Gasteiger partial charge is 0.356 e. The molecule has 0 aromatic carbocycles. The molecular formula is C13H23IN4OS. The second-order valence-corrected chi connectivity index (χ2v) is 5.78. The Hall–Kier alpha value is -0.830. The molecule has 7 heteroatoms. The summed E-state index contributed by atoms with van der Waals surface area (Å²) < 4.78 is 0. The highest BCUT2D eigenvalue weighted by Gasteiger charge is 2.04. The third kappa shape index (κ3) is 7.09. The summed E-state index contributed by atoms with van der Waals surface area (Å²) in [5.41, 5.74) is 0. The van der Waals surface area contributed by atoms with Gasteiger partial charge in [-0.3, -0.25) is 9.79 Å². The SMILES string of the molecule is CN=C(NCCC(=O)N(C)C)NCc1ccc(C)s1.I. The molecule has 0 aliphatic heterocycles. The minimum atomic E-state index is 0. The van der Waals surface area contributed by atoms with Crippen molar-refractivity contribution in [1.29, 1.82) is 0 Å². The van der Waals surface area contributed by atoms with Crippen LogP contribution in [-0.4, -0.2) is 44.5 Å².